The predicted octanol–water partition coefficient (Wildman–Crippen LogP) is 4.95. The predicted molar refractivity (Wildman–Crippen MR) is 84.1 cm³/mol. The van der Waals surface area contributed by atoms with Crippen LogP contribution in [0.15, 0.2) is 16.8 Å². The fourth-order valence-electron chi connectivity index (χ4n) is 1.55. The molecule has 0 fully saturated rings. The molecule has 0 amide bonds. The first-order chi connectivity index (χ1) is 8.51. The van der Waals surface area contributed by atoms with Crippen molar-refractivity contribution in [3.63, 3.8) is 0 Å². The topological polar surface area (TPSA) is 23.8 Å². The second-order valence-corrected chi connectivity index (χ2v) is 6.39. The van der Waals surface area contributed by atoms with Crippen LogP contribution in [0, 0.1) is 16.7 Å². The van der Waals surface area contributed by atoms with Crippen molar-refractivity contribution in [2.75, 3.05) is 0 Å². The van der Waals surface area contributed by atoms with E-state index in [0.717, 1.165) is 6.42 Å². The number of rotatable bonds is 6. The molecular weight excluding hydrogens is 258 g/mol. The van der Waals surface area contributed by atoms with Gasteiger partial charge in [-0.25, -0.2) is 0 Å². The molecule has 18 heavy (non-hydrogen) atoms. The van der Waals surface area contributed by atoms with Crippen molar-refractivity contribution in [1.29, 1.82) is 5.26 Å². The maximum Gasteiger partial charge on any atom is 0.0698 e. The number of hydrogen-bond acceptors (Lipinski definition) is 3. The Morgan fingerprint density at radius 1 is 1.50 bits per heavy atom. The highest BCUT2D eigenvalue weighted by Crippen LogP contribution is 2.27. The molecule has 1 atom stereocenters. The standard InChI is InChI=1S/C15H21NS2/c1-4-5-6-12-9-18-10-13(12)7-8-14(17)15(2,3)11-16/h7-10,14,17H,4-6H2,1-3H3/b8-7+. The van der Waals surface area contributed by atoms with E-state index in [1.54, 1.807) is 11.3 Å². The molecule has 0 spiro atoms. The van der Waals surface area contributed by atoms with Crippen LogP contribution in [0.5, 0.6) is 0 Å². The first kappa shape index (κ1) is 15.3. The molecule has 0 aliphatic heterocycles. The summed E-state index contributed by atoms with van der Waals surface area (Å²) in [6, 6.07) is 2.30. The van der Waals surface area contributed by atoms with Crippen molar-refractivity contribution in [1.82, 2.24) is 0 Å². The lowest BCUT2D eigenvalue weighted by molar-refractivity contribution is 0.521. The highest BCUT2D eigenvalue weighted by atomic mass is 32.1. The Bertz CT molecular complexity index is 438. The summed E-state index contributed by atoms with van der Waals surface area (Å²) in [6.45, 7) is 6.04. The van der Waals surface area contributed by atoms with Crippen LogP contribution in [0.3, 0.4) is 0 Å². The van der Waals surface area contributed by atoms with Gasteiger partial charge in [0, 0.05) is 5.25 Å². The molecule has 1 rings (SSSR count). The largest absolute Gasteiger partial charge is 0.198 e. The molecule has 1 unspecified atom stereocenters. The quantitative estimate of drug-likeness (QED) is 0.732. The van der Waals surface area contributed by atoms with Gasteiger partial charge in [0.05, 0.1) is 11.5 Å². The third-order valence-electron chi connectivity index (χ3n) is 3.06. The van der Waals surface area contributed by atoms with Gasteiger partial charge in [-0.1, -0.05) is 25.5 Å². The zero-order valence-electron chi connectivity index (χ0n) is 11.3. The van der Waals surface area contributed by atoms with Crippen LogP contribution < -0.4 is 0 Å². The van der Waals surface area contributed by atoms with Crippen molar-refractivity contribution in [2.24, 2.45) is 5.41 Å². The number of nitrogens with zero attached hydrogens (tertiary/aromatic N) is 1. The van der Waals surface area contributed by atoms with Crippen LogP contribution in [-0.4, -0.2) is 5.25 Å². The lowest BCUT2D eigenvalue weighted by Crippen LogP contribution is -2.20. The minimum Gasteiger partial charge on any atom is -0.198 e. The van der Waals surface area contributed by atoms with Crippen molar-refractivity contribution in [3.8, 4) is 6.07 Å². The molecule has 0 saturated carbocycles. The highest BCUT2D eigenvalue weighted by molar-refractivity contribution is 7.81. The van der Waals surface area contributed by atoms with Crippen molar-refractivity contribution >= 4 is 30.0 Å². The molecule has 0 aromatic carbocycles. The van der Waals surface area contributed by atoms with Gasteiger partial charge in [0.2, 0.25) is 0 Å². The number of thiophene rings is 1. The third-order valence-corrected chi connectivity index (χ3v) is 4.69. The van der Waals surface area contributed by atoms with E-state index in [4.69, 9.17) is 5.26 Å². The zero-order chi connectivity index (χ0) is 13.6. The van der Waals surface area contributed by atoms with Gasteiger partial charge >= 0.3 is 0 Å². The molecule has 98 valence electrons. The molecule has 0 N–H and O–H groups in total. The van der Waals surface area contributed by atoms with E-state index in [2.05, 4.69) is 42.5 Å². The number of unbranched alkanes of at least 4 members (excludes halogenated alkanes) is 1. The highest BCUT2D eigenvalue weighted by Gasteiger charge is 2.23. The first-order valence-electron chi connectivity index (χ1n) is 6.34. The van der Waals surface area contributed by atoms with E-state index in [1.165, 1.54) is 24.0 Å². The summed E-state index contributed by atoms with van der Waals surface area (Å²) in [5, 5.41) is 13.4. The summed E-state index contributed by atoms with van der Waals surface area (Å²) in [5.41, 5.74) is 2.26. The van der Waals surface area contributed by atoms with E-state index in [9.17, 15) is 0 Å². The van der Waals surface area contributed by atoms with Crippen LogP contribution in [0.2, 0.25) is 0 Å². The summed E-state index contributed by atoms with van der Waals surface area (Å²) >= 11 is 6.24. The average Bonchev–Trinajstić information content (AvgIpc) is 2.80. The molecular formula is C15H21NS2. The Hall–Kier alpha value is -0.720. The molecule has 1 nitrogen and oxygen atoms in total. The van der Waals surface area contributed by atoms with Crippen LogP contribution in [-0.2, 0) is 6.42 Å². The van der Waals surface area contributed by atoms with Gasteiger partial charge in [-0.3, -0.25) is 0 Å². The summed E-state index contributed by atoms with van der Waals surface area (Å²) in [4.78, 5) is 0. The number of thiol groups is 1. The molecule has 1 aromatic heterocycles. The molecule has 1 aromatic rings. The maximum atomic E-state index is 9.06. The molecule has 0 aliphatic rings. The van der Waals surface area contributed by atoms with Crippen molar-refractivity contribution < 1.29 is 0 Å². The van der Waals surface area contributed by atoms with Gasteiger partial charge in [-0.05, 0) is 48.6 Å². The minimum atomic E-state index is -0.431. The molecule has 0 radical (unpaired) electrons. The Morgan fingerprint density at radius 3 is 2.83 bits per heavy atom. The fourth-order valence-corrected chi connectivity index (χ4v) is 2.56. The smallest absolute Gasteiger partial charge is 0.0698 e. The van der Waals surface area contributed by atoms with Crippen LogP contribution >= 0.6 is 24.0 Å². The Morgan fingerprint density at radius 2 is 2.22 bits per heavy atom. The van der Waals surface area contributed by atoms with Gasteiger partial charge in [0.25, 0.3) is 0 Å². The van der Waals surface area contributed by atoms with E-state index >= 15 is 0 Å². The van der Waals surface area contributed by atoms with Crippen molar-refractivity contribution in [3.05, 3.63) is 28.0 Å². The third kappa shape index (κ3) is 4.19. The lowest BCUT2D eigenvalue weighted by atomic mass is 9.90. The van der Waals surface area contributed by atoms with Crippen LogP contribution in [0.1, 0.15) is 44.7 Å². The normalized spacial score (nSPS) is 13.7. The number of aryl methyl sites for hydroxylation is 1. The van der Waals surface area contributed by atoms with Gasteiger partial charge in [0.1, 0.15) is 0 Å². The number of nitriles is 1. The SMILES string of the molecule is CCCCc1cscc1/C=C/C(S)C(C)(C)C#N. The minimum absolute atomic E-state index is 0.0403. The van der Waals surface area contributed by atoms with Crippen molar-refractivity contribution in [2.45, 2.75) is 45.3 Å². The van der Waals surface area contributed by atoms with Gasteiger partial charge in [-0.15, -0.1) is 0 Å². The molecule has 0 saturated heterocycles. The second-order valence-electron chi connectivity index (χ2n) is 5.09. The fraction of sp³-hybridized carbons (Fsp3) is 0.533. The van der Waals surface area contributed by atoms with Crippen LogP contribution in [0.25, 0.3) is 6.08 Å². The Balaban J connectivity index is 2.73. The summed E-state index contributed by atoms with van der Waals surface area (Å²) in [6.07, 6.45) is 7.72. The van der Waals surface area contributed by atoms with Crippen LogP contribution in [0.4, 0.5) is 0 Å². The average molecular weight is 279 g/mol. The monoisotopic (exact) mass is 279 g/mol. The lowest BCUT2D eigenvalue weighted by Gasteiger charge is -2.19. The summed E-state index contributed by atoms with van der Waals surface area (Å²) in [7, 11) is 0. The van der Waals surface area contributed by atoms with E-state index in [-0.39, 0.29) is 5.25 Å². The molecule has 1 heterocycles. The number of hydrogen-bond donors (Lipinski definition) is 1. The Kier molecular flexibility index (Phi) is 5.98. The van der Waals surface area contributed by atoms with E-state index < -0.39 is 5.41 Å². The second kappa shape index (κ2) is 7.01. The maximum absolute atomic E-state index is 9.06. The molecule has 0 aliphatic carbocycles. The van der Waals surface area contributed by atoms with E-state index in [1.807, 2.05) is 19.9 Å². The van der Waals surface area contributed by atoms with E-state index in [0.29, 0.717) is 0 Å². The molecule has 0 bridgehead atoms. The van der Waals surface area contributed by atoms with Gasteiger partial charge in [-0.2, -0.15) is 29.2 Å². The molecule has 3 heteroatoms. The summed E-state index contributed by atoms with van der Waals surface area (Å²) in [5.74, 6) is 0. The zero-order valence-corrected chi connectivity index (χ0v) is 13.0. The van der Waals surface area contributed by atoms with Gasteiger partial charge in [0.15, 0.2) is 0 Å². The first-order valence-corrected chi connectivity index (χ1v) is 7.79. The van der Waals surface area contributed by atoms with Gasteiger partial charge < -0.3 is 0 Å². The Labute approximate surface area is 120 Å². The summed E-state index contributed by atoms with van der Waals surface area (Å²) < 4.78 is 0.